The van der Waals surface area contributed by atoms with Crippen molar-refractivity contribution in [3.63, 3.8) is 0 Å². The van der Waals surface area contributed by atoms with E-state index in [0.29, 0.717) is 10.6 Å². The van der Waals surface area contributed by atoms with Gasteiger partial charge >= 0.3 is 6.18 Å². The van der Waals surface area contributed by atoms with Crippen LogP contribution < -0.4 is 15.1 Å². The third-order valence-corrected chi connectivity index (χ3v) is 5.77. The van der Waals surface area contributed by atoms with E-state index in [1.54, 1.807) is 24.3 Å². The van der Waals surface area contributed by atoms with Gasteiger partial charge in [-0.3, -0.25) is 14.5 Å². The number of rotatable bonds is 6. The summed E-state index contributed by atoms with van der Waals surface area (Å²) in [4.78, 5) is 26.6. The van der Waals surface area contributed by atoms with Gasteiger partial charge in [0.25, 0.3) is 5.91 Å². The number of likely N-dealkylation sites (N-methyl/N-ethyl adjacent to an activating group) is 1. The summed E-state index contributed by atoms with van der Waals surface area (Å²) in [6.45, 7) is 3.03. The van der Waals surface area contributed by atoms with Crippen molar-refractivity contribution >= 4 is 40.5 Å². The minimum atomic E-state index is -5.15. The van der Waals surface area contributed by atoms with Crippen LogP contribution in [-0.2, 0) is 27.1 Å². The van der Waals surface area contributed by atoms with Crippen molar-refractivity contribution in [1.82, 2.24) is 5.32 Å². The first-order valence-electron chi connectivity index (χ1n) is 10.2. The van der Waals surface area contributed by atoms with Crippen molar-refractivity contribution in [2.24, 2.45) is 0 Å². The van der Waals surface area contributed by atoms with Crippen LogP contribution in [0, 0.1) is 17.1 Å². The summed E-state index contributed by atoms with van der Waals surface area (Å²) in [5, 5.41) is 11.2. The van der Waals surface area contributed by atoms with Crippen LogP contribution in [0.2, 0.25) is 0 Å². The third-order valence-electron chi connectivity index (χ3n) is 5.41. The lowest BCUT2D eigenvalue weighted by Gasteiger charge is -2.29. The number of carbonyl (C=O) groups excluding carboxylic acids is 2. The molecule has 2 aromatic carbocycles. The lowest BCUT2D eigenvalue weighted by atomic mass is 10.0. The van der Waals surface area contributed by atoms with E-state index in [-0.39, 0.29) is 24.2 Å². The van der Waals surface area contributed by atoms with Gasteiger partial charge in [0.2, 0.25) is 5.91 Å². The average Bonchev–Trinajstić information content (AvgIpc) is 2.97. The first-order valence-corrected chi connectivity index (χ1v) is 10.6. The van der Waals surface area contributed by atoms with Crippen molar-refractivity contribution in [3.05, 3.63) is 58.9 Å². The zero-order valence-electron chi connectivity index (χ0n) is 18.9. The molecule has 0 unspecified atom stereocenters. The Kier molecular flexibility index (Phi) is 7.14. The molecule has 0 saturated carbocycles. The molecule has 0 aliphatic carbocycles. The van der Waals surface area contributed by atoms with Crippen molar-refractivity contribution in [1.29, 1.82) is 5.26 Å². The number of ether oxygens (including phenoxy) is 1. The summed E-state index contributed by atoms with van der Waals surface area (Å²) >= 11 is 5.40. The molecule has 0 spiro atoms. The Labute approximate surface area is 203 Å². The van der Waals surface area contributed by atoms with Crippen molar-refractivity contribution in [2.75, 3.05) is 23.5 Å². The van der Waals surface area contributed by atoms with Gasteiger partial charge in [0.1, 0.15) is 17.7 Å². The lowest BCUT2D eigenvalue weighted by molar-refractivity contribution is -0.140. The molecule has 12 heteroatoms. The second-order valence-corrected chi connectivity index (χ2v) is 8.45. The van der Waals surface area contributed by atoms with Crippen LogP contribution in [0.1, 0.15) is 30.5 Å². The first kappa shape index (κ1) is 26.1. The molecule has 35 heavy (non-hydrogen) atoms. The molecule has 1 N–H and O–H groups in total. The highest BCUT2D eigenvalue weighted by Gasteiger charge is 2.51. The molecule has 1 aliphatic rings. The largest absolute Gasteiger partial charge is 0.420 e. The number of alkyl halides is 3. The Morgan fingerprint density at radius 3 is 2.37 bits per heavy atom. The van der Waals surface area contributed by atoms with Gasteiger partial charge < -0.3 is 15.0 Å². The number of benzene rings is 2. The fourth-order valence-electron chi connectivity index (χ4n) is 3.62. The van der Waals surface area contributed by atoms with Crippen LogP contribution >= 0.6 is 12.2 Å². The van der Waals surface area contributed by atoms with Gasteiger partial charge in [-0.2, -0.15) is 18.4 Å². The zero-order valence-corrected chi connectivity index (χ0v) is 19.7. The number of anilines is 2. The molecular weight excluding hydrogens is 488 g/mol. The number of nitrogens with one attached hydrogen (secondary N) is 1. The SMILES string of the molecule is CNC(=O)COCc1ccc(N2C(=S)N(c3ccc(C#N)c(C(F)(F)F)c3F)C(=O)C2(C)C)cc1. The normalized spacial score (nSPS) is 15.4. The van der Waals surface area contributed by atoms with Crippen LogP contribution in [0.15, 0.2) is 36.4 Å². The van der Waals surface area contributed by atoms with Crippen molar-refractivity contribution in [3.8, 4) is 6.07 Å². The Morgan fingerprint density at radius 2 is 1.83 bits per heavy atom. The summed E-state index contributed by atoms with van der Waals surface area (Å²) in [6, 6.07) is 9.66. The van der Waals surface area contributed by atoms with Crippen molar-refractivity contribution < 1.29 is 31.9 Å². The Hall–Kier alpha value is -3.56. The summed E-state index contributed by atoms with van der Waals surface area (Å²) in [7, 11) is 1.49. The van der Waals surface area contributed by atoms with Gasteiger partial charge in [-0.1, -0.05) is 12.1 Å². The van der Waals surface area contributed by atoms with E-state index in [1.807, 2.05) is 0 Å². The standard InChI is InChI=1S/C23H20F4N4O3S/c1-22(2)20(33)30(16-9-6-14(10-28)18(19(16)24)23(25,26)27)21(35)31(22)15-7-4-13(5-8-15)11-34-12-17(32)29-3/h4-9H,11-12H2,1-3H3,(H,29,32). The molecule has 0 radical (unpaired) electrons. The number of thiocarbonyl (C=S) groups is 1. The molecule has 1 aliphatic heterocycles. The highest BCUT2D eigenvalue weighted by molar-refractivity contribution is 7.81. The predicted octanol–water partition coefficient (Wildman–Crippen LogP) is 3.90. The lowest BCUT2D eigenvalue weighted by Crippen LogP contribution is -2.44. The summed E-state index contributed by atoms with van der Waals surface area (Å²) < 4.78 is 60.8. The van der Waals surface area contributed by atoms with Crippen molar-refractivity contribution in [2.45, 2.75) is 32.2 Å². The fourth-order valence-corrected chi connectivity index (χ4v) is 4.14. The van der Waals surface area contributed by atoms with Crippen LogP contribution in [0.3, 0.4) is 0 Å². The van der Waals surface area contributed by atoms with Crippen LogP contribution in [-0.4, -0.2) is 36.1 Å². The molecule has 0 aromatic heterocycles. The van der Waals surface area contributed by atoms with E-state index in [9.17, 15) is 22.8 Å². The highest BCUT2D eigenvalue weighted by atomic mass is 32.1. The summed E-state index contributed by atoms with van der Waals surface area (Å²) in [5.41, 5.74) is -3.55. The van der Waals surface area contributed by atoms with E-state index in [1.165, 1.54) is 31.9 Å². The monoisotopic (exact) mass is 508 g/mol. The zero-order chi connectivity index (χ0) is 26.1. The minimum absolute atomic E-state index is 0.124. The van der Waals surface area contributed by atoms with E-state index < -0.39 is 40.3 Å². The van der Waals surface area contributed by atoms with Crippen LogP contribution in [0.4, 0.5) is 28.9 Å². The number of hydrogen-bond donors (Lipinski definition) is 1. The molecule has 184 valence electrons. The number of nitrogens with zero attached hydrogens (tertiary/aromatic N) is 3. The number of nitriles is 1. The maximum atomic E-state index is 15.1. The predicted molar refractivity (Wildman–Crippen MR) is 123 cm³/mol. The number of amides is 2. The summed E-state index contributed by atoms with van der Waals surface area (Å²) in [5.74, 6) is -2.78. The first-order chi connectivity index (χ1) is 16.3. The maximum Gasteiger partial charge on any atom is 0.420 e. The smallest absolute Gasteiger partial charge is 0.367 e. The second-order valence-electron chi connectivity index (χ2n) is 8.08. The highest BCUT2D eigenvalue weighted by Crippen LogP contribution is 2.41. The molecule has 3 rings (SSSR count). The molecule has 2 aromatic rings. The molecule has 0 bridgehead atoms. The van der Waals surface area contributed by atoms with Gasteiger partial charge in [0.05, 0.1) is 23.9 Å². The summed E-state index contributed by atoms with van der Waals surface area (Å²) in [6.07, 6.45) is -5.15. The Balaban J connectivity index is 1.95. The third kappa shape index (κ3) is 4.82. The number of hydrogen-bond acceptors (Lipinski definition) is 5. The van der Waals surface area contributed by atoms with Gasteiger partial charge in [0, 0.05) is 12.7 Å². The quantitative estimate of drug-likeness (QED) is 0.471. The Morgan fingerprint density at radius 1 is 1.20 bits per heavy atom. The van der Waals surface area contributed by atoms with Gasteiger partial charge in [0.15, 0.2) is 10.9 Å². The topological polar surface area (TPSA) is 85.7 Å². The number of carbonyl (C=O) groups is 2. The van der Waals surface area contributed by atoms with Gasteiger partial charge in [-0.15, -0.1) is 0 Å². The maximum absolute atomic E-state index is 15.1. The molecule has 2 amide bonds. The van der Waals surface area contributed by atoms with E-state index in [4.69, 9.17) is 22.2 Å². The molecule has 7 nitrogen and oxygen atoms in total. The Bertz CT molecular complexity index is 1220. The molecule has 1 heterocycles. The minimum Gasteiger partial charge on any atom is -0.367 e. The van der Waals surface area contributed by atoms with Gasteiger partial charge in [-0.05, 0) is 55.9 Å². The van der Waals surface area contributed by atoms with Gasteiger partial charge in [-0.25, -0.2) is 4.39 Å². The fraction of sp³-hybridized carbons (Fsp3) is 0.304. The molecule has 0 atom stereocenters. The van der Waals surface area contributed by atoms with Crippen LogP contribution in [0.25, 0.3) is 0 Å². The molecule has 1 saturated heterocycles. The number of halogens is 4. The average molecular weight is 508 g/mol. The molecular formula is C23H20F4N4O3S. The van der Waals surface area contributed by atoms with Crippen LogP contribution in [0.5, 0.6) is 0 Å². The van der Waals surface area contributed by atoms with E-state index >= 15 is 4.39 Å². The van der Waals surface area contributed by atoms with E-state index in [0.717, 1.165) is 17.7 Å². The second kappa shape index (κ2) is 9.59. The molecule has 1 fully saturated rings. The van der Waals surface area contributed by atoms with E-state index in [2.05, 4.69) is 5.32 Å².